The Hall–Kier alpha value is -2.56. The molecule has 208 valence electrons. The van der Waals surface area contributed by atoms with Crippen LogP contribution in [0.4, 0.5) is 13.2 Å². The zero-order chi connectivity index (χ0) is 32.0. The third kappa shape index (κ3) is 5.87. The van der Waals surface area contributed by atoms with Crippen LogP contribution in [0.3, 0.4) is 0 Å². The maximum atomic E-state index is 13.3. The number of alkyl halides is 3. The fourth-order valence-electron chi connectivity index (χ4n) is 5.56. The van der Waals surface area contributed by atoms with Crippen LogP contribution in [-0.4, -0.2) is 88.5 Å². The van der Waals surface area contributed by atoms with E-state index in [0.717, 1.165) is 24.3 Å². The van der Waals surface area contributed by atoms with Gasteiger partial charge >= 0.3 is 6.18 Å². The highest BCUT2D eigenvalue weighted by atomic mass is 19.4. The summed E-state index contributed by atoms with van der Waals surface area (Å²) in [5, 5.41) is 0. The van der Waals surface area contributed by atoms with Gasteiger partial charge in [-0.1, -0.05) is 12.1 Å². The molecule has 1 amide bonds. The number of amides is 1. The van der Waals surface area contributed by atoms with Gasteiger partial charge in [-0.25, -0.2) is 9.97 Å². The van der Waals surface area contributed by atoms with Gasteiger partial charge in [-0.2, -0.15) is 13.2 Å². The molecule has 3 heterocycles. The Morgan fingerprint density at radius 3 is 2.37 bits per heavy atom. The minimum atomic E-state index is -4.58. The Labute approximate surface area is 230 Å². The SMILES string of the molecule is [2H][C@@H](OC([2H])([2H])[2H])[C@]([2H])(c1ccc(C(F)(F)F)cc1)N1CCN(C2(C)CCN(C(=O)c3c(C)ncnc3C)CC2)CC1C. The second-order valence-corrected chi connectivity index (χ2v) is 10.4. The average Bonchev–Trinajstić information content (AvgIpc) is 2.91. The molecule has 1 aromatic heterocycles. The van der Waals surface area contributed by atoms with Crippen LogP contribution >= 0.6 is 0 Å². The lowest BCUT2D eigenvalue weighted by Crippen LogP contribution is -2.62. The van der Waals surface area contributed by atoms with E-state index in [2.05, 4.69) is 21.8 Å². The normalized spacial score (nSPS) is 25.8. The Balaban J connectivity index is 1.51. The molecular weight excluding hydrogens is 495 g/mol. The van der Waals surface area contributed by atoms with E-state index in [-0.39, 0.29) is 29.6 Å². The van der Waals surface area contributed by atoms with Gasteiger partial charge in [-0.15, -0.1) is 0 Å². The van der Waals surface area contributed by atoms with Gasteiger partial charge < -0.3 is 9.64 Å². The van der Waals surface area contributed by atoms with Crippen molar-refractivity contribution in [3.05, 3.63) is 58.7 Å². The van der Waals surface area contributed by atoms with Crippen LogP contribution in [0.1, 0.15) is 72.4 Å². The van der Waals surface area contributed by atoms with Crippen molar-refractivity contribution in [3.63, 3.8) is 0 Å². The van der Waals surface area contributed by atoms with E-state index in [4.69, 9.17) is 10.2 Å². The van der Waals surface area contributed by atoms with E-state index in [1.54, 1.807) is 18.7 Å². The number of piperidine rings is 1. The van der Waals surface area contributed by atoms with Crippen LogP contribution in [0.2, 0.25) is 0 Å². The summed E-state index contributed by atoms with van der Waals surface area (Å²) in [7, 11) is -2.97. The number of rotatable bonds is 6. The number of hydrogen-bond acceptors (Lipinski definition) is 6. The molecule has 0 bridgehead atoms. The molecule has 3 atom stereocenters. The number of aromatic nitrogens is 2. The molecule has 1 unspecified atom stereocenters. The van der Waals surface area contributed by atoms with Crippen LogP contribution in [0.25, 0.3) is 0 Å². The molecule has 7 nitrogen and oxygen atoms in total. The Bertz CT molecular complexity index is 1280. The molecule has 38 heavy (non-hydrogen) atoms. The van der Waals surface area contributed by atoms with Crippen molar-refractivity contribution in [2.45, 2.75) is 64.3 Å². The van der Waals surface area contributed by atoms with Crippen LogP contribution in [0, 0.1) is 13.8 Å². The molecule has 0 spiro atoms. The van der Waals surface area contributed by atoms with Crippen LogP contribution in [0.5, 0.6) is 0 Å². The summed E-state index contributed by atoms with van der Waals surface area (Å²) in [6.45, 7) is 7.90. The third-order valence-corrected chi connectivity index (χ3v) is 7.95. The number of hydrogen-bond donors (Lipinski definition) is 0. The third-order valence-electron chi connectivity index (χ3n) is 7.95. The quantitative estimate of drug-likeness (QED) is 0.540. The highest BCUT2D eigenvalue weighted by Gasteiger charge is 2.41. The lowest BCUT2D eigenvalue weighted by Gasteiger charge is -2.52. The summed E-state index contributed by atoms with van der Waals surface area (Å²) >= 11 is 0. The van der Waals surface area contributed by atoms with Gasteiger partial charge in [-0.05, 0) is 58.2 Å². The Morgan fingerprint density at radius 1 is 1.18 bits per heavy atom. The highest BCUT2D eigenvalue weighted by molar-refractivity contribution is 5.96. The fraction of sp³-hybridized carbons (Fsp3) is 0.607. The first-order valence-electron chi connectivity index (χ1n) is 15.3. The number of aryl methyl sites for hydroxylation is 2. The van der Waals surface area contributed by atoms with Crippen LogP contribution in [0.15, 0.2) is 30.6 Å². The molecule has 2 saturated heterocycles. The molecule has 1 aromatic carbocycles. The van der Waals surface area contributed by atoms with Crippen molar-refractivity contribution >= 4 is 5.91 Å². The van der Waals surface area contributed by atoms with E-state index in [9.17, 15) is 19.3 Å². The van der Waals surface area contributed by atoms with Gasteiger partial charge in [0.05, 0.1) is 42.0 Å². The first kappa shape index (κ1) is 22.3. The fourth-order valence-corrected chi connectivity index (χ4v) is 5.56. The van der Waals surface area contributed by atoms with Crippen molar-refractivity contribution < 1.29 is 29.6 Å². The molecular formula is C28H38F3N5O2. The lowest BCUT2D eigenvalue weighted by atomic mass is 9.86. The standard InChI is InChI=1S/C28H38F3N5O2/c1-19-16-35(14-15-36(19)24(17-38-5)22-6-8-23(9-7-22)28(29,30)31)27(4)10-12-34(13-11-27)26(37)25-20(2)32-18-33-21(25)3/h6-9,18-19,24H,10-17H2,1-5H3/t19?,24-/m1/s1/i5D3,17D,24D/t17-,19?,24-. The summed E-state index contributed by atoms with van der Waals surface area (Å²) in [6, 6.07) is 1.45. The predicted octanol–water partition coefficient (Wildman–Crippen LogP) is 4.50. The van der Waals surface area contributed by atoms with Gasteiger partial charge in [0, 0.05) is 51.3 Å². The molecule has 2 aromatic rings. The summed E-state index contributed by atoms with van der Waals surface area (Å²) in [5.74, 6) is -0.0953. The molecule has 2 fully saturated rings. The summed E-state index contributed by atoms with van der Waals surface area (Å²) < 4.78 is 85.1. The second-order valence-electron chi connectivity index (χ2n) is 10.4. The molecule has 2 aliphatic heterocycles. The number of benzene rings is 1. The molecule has 0 aliphatic carbocycles. The topological polar surface area (TPSA) is 61.8 Å². The number of halogens is 3. The van der Waals surface area contributed by atoms with E-state index in [1.165, 1.54) is 6.33 Å². The maximum Gasteiger partial charge on any atom is 0.416 e. The van der Waals surface area contributed by atoms with Gasteiger partial charge in [0.15, 0.2) is 0 Å². The molecule has 0 saturated carbocycles. The van der Waals surface area contributed by atoms with E-state index < -0.39 is 31.4 Å². The Kier molecular flexibility index (Phi) is 6.61. The first-order chi connectivity index (χ1) is 19.9. The monoisotopic (exact) mass is 538 g/mol. The zero-order valence-electron chi connectivity index (χ0n) is 27.2. The zero-order valence-corrected chi connectivity index (χ0v) is 22.2. The molecule has 0 N–H and O–H groups in total. The smallest absolute Gasteiger partial charge is 0.383 e. The minimum absolute atomic E-state index is 0.0403. The van der Waals surface area contributed by atoms with E-state index >= 15 is 0 Å². The van der Waals surface area contributed by atoms with E-state index in [1.807, 2.05) is 11.8 Å². The number of likely N-dealkylation sites (tertiary alicyclic amines) is 1. The Morgan fingerprint density at radius 2 is 1.82 bits per heavy atom. The molecule has 10 heteroatoms. The lowest BCUT2D eigenvalue weighted by molar-refractivity contribution is -0.137. The number of methoxy groups -OCH3 is 1. The van der Waals surface area contributed by atoms with Crippen molar-refractivity contribution in [2.75, 3.05) is 46.3 Å². The van der Waals surface area contributed by atoms with Gasteiger partial charge in [-0.3, -0.25) is 14.6 Å². The average molecular weight is 539 g/mol. The first-order valence-corrected chi connectivity index (χ1v) is 12.7. The van der Waals surface area contributed by atoms with Crippen molar-refractivity contribution in [3.8, 4) is 0 Å². The van der Waals surface area contributed by atoms with Gasteiger partial charge in [0.1, 0.15) is 6.33 Å². The van der Waals surface area contributed by atoms with Crippen LogP contribution < -0.4 is 0 Å². The molecule has 0 radical (unpaired) electrons. The molecule has 4 rings (SSSR count). The van der Waals surface area contributed by atoms with Crippen molar-refractivity contribution in [1.82, 2.24) is 24.7 Å². The number of nitrogens with zero attached hydrogens (tertiary/aromatic N) is 5. The van der Waals surface area contributed by atoms with Crippen LogP contribution in [-0.2, 0) is 10.9 Å². The van der Waals surface area contributed by atoms with Gasteiger partial charge in [0.25, 0.3) is 5.91 Å². The minimum Gasteiger partial charge on any atom is -0.383 e. The van der Waals surface area contributed by atoms with E-state index in [0.29, 0.717) is 56.0 Å². The summed E-state index contributed by atoms with van der Waals surface area (Å²) in [6.07, 6.45) is -1.74. The second kappa shape index (κ2) is 11.3. The maximum absolute atomic E-state index is 13.3. The van der Waals surface area contributed by atoms with Crippen molar-refractivity contribution in [1.29, 1.82) is 0 Å². The predicted molar refractivity (Wildman–Crippen MR) is 139 cm³/mol. The summed E-state index contributed by atoms with van der Waals surface area (Å²) in [4.78, 5) is 27.4. The van der Waals surface area contributed by atoms with Crippen molar-refractivity contribution in [2.24, 2.45) is 0 Å². The summed E-state index contributed by atoms with van der Waals surface area (Å²) in [5.41, 5.74) is 0.669. The number of ether oxygens (including phenoxy) is 1. The highest BCUT2D eigenvalue weighted by Crippen LogP contribution is 2.35. The largest absolute Gasteiger partial charge is 0.416 e. The number of carbonyl (C=O) groups excluding carboxylic acids is 1. The number of piperazine rings is 1. The van der Waals surface area contributed by atoms with Gasteiger partial charge in [0.2, 0.25) is 0 Å². The molecule has 2 aliphatic rings. The number of carbonyl (C=O) groups is 1.